The highest BCUT2D eigenvalue weighted by molar-refractivity contribution is 6.16. The van der Waals surface area contributed by atoms with E-state index < -0.39 is 53.5 Å². The van der Waals surface area contributed by atoms with Crippen LogP contribution in [0, 0.1) is 34.5 Å². The smallest absolute Gasteiger partial charge is 0.340 e. The van der Waals surface area contributed by atoms with Gasteiger partial charge in [0.15, 0.2) is 5.78 Å². The van der Waals surface area contributed by atoms with E-state index in [1.54, 1.807) is 74.5 Å². The Hall–Kier alpha value is -5.30. The molecule has 0 saturated heterocycles. The number of hydrogen-bond acceptors (Lipinski definition) is 10. The normalized spacial score (nSPS) is 30.0. The van der Waals surface area contributed by atoms with E-state index in [2.05, 4.69) is 24.5 Å². The number of Topliss-reactive ketones (excluding diaryl/α,β-unsaturated/α-hetero) is 1. The molecule has 8 atom stereocenters. The summed E-state index contributed by atoms with van der Waals surface area (Å²) in [5.74, 6) is -3.70. The number of hydrogen-bond donors (Lipinski definition) is 6. The van der Waals surface area contributed by atoms with Gasteiger partial charge in [0.25, 0.3) is 11.8 Å². The number of esters is 1. The lowest BCUT2D eigenvalue weighted by molar-refractivity contribution is -0.190. The van der Waals surface area contributed by atoms with Crippen molar-refractivity contribution in [2.75, 3.05) is 36.2 Å². The maximum absolute atomic E-state index is 14.6. The summed E-state index contributed by atoms with van der Waals surface area (Å²) in [7, 11) is 3.57. The van der Waals surface area contributed by atoms with Gasteiger partial charge in [0, 0.05) is 25.7 Å². The zero-order valence-corrected chi connectivity index (χ0v) is 31.7. The Balaban J connectivity index is 1.14. The molecule has 55 heavy (non-hydrogen) atoms. The number of aliphatic hydroxyl groups excluding tert-OH is 2. The van der Waals surface area contributed by atoms with E-state index in [4.69, 9.17) is 4.74 Å². The Kier molecular flexibility index (Phi) is 9.30. The van der Waals surface area contributed by atoms with Crippen LogP contribution in [0.5, 0.6) is 5.75 Å². The molecule has 2 saturated carbocycles. The van der Waals surface area contributed by atoms with E-state index >= 15 is 0 Å². The number of allylic oxidation sites excluding steroid dienone is 1. The highest BCUT2D eigenvalue weighted by Crippen LogP contribution is 2.71. The van der Waals surface area contributed by atoms with Crippen molar-refractivity contribution in [1.82, 2.24) is 0 Å². The Labute approximate surface area is 319 Å². The molecule has 7 rings (SSSR count). The molecule has 0 aromatic heterocycles. The zero-order chi connectivity index (χ0) is 39.8. The highest BCUT2D eigenvalue weighted by Gasteiger charge is 2.75. The average Bonchev–Trinajstić information content (AvgIpc) is 3.66. The number of aromatic hydroxyl groups is 1. The molecule has 0 aliphatic heterocycles. The molecule has 3 aromatic carbocycles. The van der Waals surface area contributed by atoms with E-state index in [0.29, 0.717) is 23.2 Å². The van der Waals surface area contributed by atoms with E-state index in [0.717, 1.165) is 0 Å². The summed E-state index contributed by atoms with van der Waals surface area (Å²) < 4.78 is 5.75. The van der Waals surface area contributed by atoms with Crippen LogP contribution < -0.4 is 15.5 Å². The number of rotatable bonds is 8. The molecular weight excluding hydrogens is 702 g/mol. The third-order valence-electron chi connectivity index (χ3n) is 12.7. The molecule has 2 fully saturated rings. The first-order chi connectivity index (χ1) is 26.0. The summed E-state index contributed by atoms with van der Waals surface area (Å²) in [4.78, 5) is 57.2. The van der Waals surface area contributed by atoms with E-state index in [1.807, 2.05) is 6.92 Å². The number of amides is 2. The molecule has 2 amide bonds. The van der Waals surface area contributed by atoms with Crippen LogP contribution in [0.2, 0.25) is 0 Å². The minimum atomic E-state index is -2.28. The molecule has 0 radical (unpaired) electrons. The van der Waals surface area contributed by atoms with Crippen molar-refractivity contribution in [2.24, 2.45) is 34.5 Å². The molecule has 12 heteroatoms. The van der Waals surface area contributed by atoms with Gasteiger partial charge in [-0.15, -0.1) is 0 Å². The molecule has 4 aliphatic carbocycles. The maximum Gasteiger partial charge on any atom is 0.340 e. The number of para-hydroxylation sites is 3. The minimum Gasteiger partial charge on any atom is -0.506 e. The van der Waals surface area contributed by atoms with Crippen LogP contribution in [0.3, 0.4) is 0 Å². The first-order valence-corrected chi connectivity index (χ1v) is 18.5. The number of carbonyl (C=O) groups is 4. The summed E-state index contributed by atoms with van der Waals surface area (Å²) in [6.07, 6.45) is 0.651. The number of phenolic OH excluding ortho intramolecular Hbond substituents is 1. The van der Waals surface area contributed by atoms with Gasteiger partial charge in [-0.2, -0.15) is 0 Å². The van der Waals surface area contributed by atoms with Crippen LogP contribution in [0.15, 0.2) is 90.0 Å². The lowest BCUT2D eigenvalue weighted by atomic mass is 9.59. The van der Waals surface area contributed by atoms with Crippen LogP contribution >= 0.6 is 0 Å². The first kappa shape index (κ1) is 38.0. The second-order valence-electron chi connectivity index (χ2n) is 16.3. The topological polar surface area (TPSA) is 186 Å². The van der Waals surface area contributed by atoms with Gasteiger partial charge < -0.3 is 40.7 Å². The third kappa shape index (κ3) is 5.77. The summed E-state index contributed by atoms with van der Waals surface area (Å²) >= 11 is 0. The molecule has 3 aromatic rings. The van der Waals surface area contributed by atoms with Crippen LogP contribution in [0.25, 0.3) is 0 Å². The van der Waals surface area contributed by atoms with Gasteiger partial charge in [0.2, 0.25) is 0 Å². The second kappa shape index (κ2) is 13.5. The quantitative estimate of drug-likeness (QED) is 0.105. The Morgan fingerprint density at radius 1 is 0.891 bits per heavy atom. The number of aliphatic hydroxyl groups is 3. The number of ketones is 1. The molecule has 2 bridgehead atoms. The number of nitrogens with one attached hydrogen (secondary N) is 2. The van der Waals surface area contributed by atoms with Gasteiger partial charge in [0.05, 0.1) is 33.5 Å². The van der Waals surface area contributed by atoms with E-state index in [1.165, 1.54) is 30.3 Å². The van der Waals surface area contributed by atoms with Crippen LogP contribution in [0.4, 0.5) is 17.1 Å². The number of fused-ring (bicyclic) bond motifs is 3. The Bertz CT molecular complexity index is 2170. The van der Waals surface area contributed by atoms with Gasteiger partial charge in [-0.25, -0.2) is 4.79 Å². The summed E-state index contributed by atoms with van der Waals surface area (Å²) in [5.41, 5.74) is -2.72. The predicted octanol–water partition coefficient (Wildman–Crippen LogP) is 4.96. The number of ether oxygens (including phenoxy) is 1. The number of nitrogens with zero attached hydrogens (tertiary/aromatic N) is 1. The molecule has 0 heterocycles. The fourth-order valence-electron chi connectivity index (χ4n) is 9.70. The van der Waals surface area contributed by atoms with Crippen molar-refractivity contribution in [3.8, 4) is 5.75 Å². The highest BCUT2D eigenvalue weighted by atomic mass is 16.5. The van der Waals surface area contributed by atoms with Gasteiger partial charge >= 0.3 is 5.97 Å². The standard InChI is InChI=1S/C43H47N3O9/c1-22-20-42-23(2)18-29-33(41(29,3)4)28(37(42)50)19-24(36(49)43(42,54)35(22)48)21-55-40(53)25-12-7-9-15-30(25)44-39(52)27-14-11-17-32(47)34(27)45-38(51)26-13-8-10-16-31(26)46(5)6/h7-17,19-20,23,28-29,33,35-36,47-49,54H,18,21H2,1-6H3,(H,44,52)(H,45,51). The SMILES string of the molecule is CC1=CC23C(=O)C(C=C(COC(=O)c4ccccc4NC(=O)c4cccc(O)c4NC(=O)c4ccccc4N(C)C)C(O)C2(O)C1O)C1C(CC3C)C1(C)C. The van der Waals surface area contributed by atoms with E-state index in [-0.39, 0.29) is 62.8 Å². The van der Waals surface area contributed by atoms with Crippen molar-refractivity contribution >= 4 is 40.6 Å². The predicted molar refractivity (Wildman–Crippen MR) is 206 cm³/mol. The molecule has 6 N–H and O–H groups in total. The molecule has 12 nitrogen and oxygen atoms in total. The fourth-order valence-corrected chi connectivity index (χ4v) is 9.70. The monoisotopic (exact) mass is 749 g/mol. The molecule has 8 unspecified atom stereocenters. The summed E-state index contributed by atoms with van der Waals surface area (Å²) in [6.45, 7) is 7.24. The van der Waals surface area contributed by atoms with E-state index in [9.17, 15) is 39.6 Å². The van der Waals surface area contributed by atoms with Crippen molar-refractivity contribution < 1.29 is 44.3 Å². The zero-order valence-electron chi connectivity index (χ0n) is 31.7. The Morgan fingerprint density at radius 3 is 2.24 bits per heavy atom. The van der Waals surface area contributed by atoms with Gasteiger partial charge in [0.1, 0.15) is 30.2 Å². The Morgan fingerprint density at radius 2 is 1.53 bits per heavy atom. The second-order valence-corrected chi connectivity index (χ2v) is 16.3. The lowest BCUT2D eigenvalue weighted by Crippen LogP contribution is -2.65. The minimum absolute atomic E-state index is 0.0394. The number of phenols is 1. The number of benzene rings is 3. The number of anilines is 3. The average molecular weight is 750 g/mol. The first-order valence-electron chi connectivity index (χ1n) is 18.5. The maximum atomic E-state index is 14.6. The van der Waals surface area contributed by atoms with Crippen LogP contribution in [-0.4, -0.2) is 82.5 Å². The van der Waals surface area contributed by atoms with Crippen LogP contribution in [0.1, 0.15) is 65.2 Å². The van der Waals surface area contributed by atoms with Crippen molar-refractivity contribution in [1.29, 1.82) is 0 Å². The van der Waals surface area contributed by atoms with Gasteiger partial charge in [-0.1, -0.05) is 63.3 Å². The molecule has 288 valence electrons. The van der Waals surface area contributed by atoms with Crippen molar-refractivity contribution in [2.45, 2.75) is 51.9 Å². The summed E-state index contributed by atoms with van der Waals surface area (Å²) in [5, 5.41) is 51.7. The molecule has 4 aliphatic rings. The summed E-state index contributed by atoms with van der Waals surface area (Å²) in [6, 6.07) is 17.2. The number of carbonyl (C=O) groups excluding carboxylic acids is 4. The van der Waals surface area contributed by atoms with Crippen molar-refractivity contribution in [3.05, 3.63) is 107 Å². The molecular formula is C43H47N3O9. The fraction of sp³-hybridized carbons (Fsp3) is 0.395. The molecule has 1 spiro atoms. The van der Waals surface area contributed by atoms with Gasteiger partial charge in [-0.05, 0) is 84.1 Å². The van der Waals surface area contributed by atoms with Gasteiger partial charge in [-0.3, -0.25) is 14.4 Å². The van der Waals surface area contributed by atoms with Crippen molar-refractivity contribution in [3.63, 3.8) is 0 Å². The lowest BCUT2D eigenvalue weighted by Gasteiger charge is -2.48. The third-order valence-corrected chi connectivity index (χ3v) is 12.7. The van der Waals surface area contributed by atoms with Crippen LogP contribution in [-0.2, 0) is 9.53 Å². The largest absolute Gasteiger partial charge is 0.506 e.